The Balaban J connectivity index is 2.34. The van der Waals surface area contributed by atoms with Crippen LogP contribution in [0.4, 0.5) is 4.79 Å². The Kier molecular flexibility index (Phi) is 5.71. The van der Waals surface area contributed by atoms with E-state index in [9.17, 15) is 9.59 Å². The van der Waals surface area contributed by atoms with Crippen molar-refractivity contribution in [3.8, 4) is 11.5 Å². The Hall–Kier alpha value is -1.95. The molecule has 2 amide bonds. The van der Waals surface area contributed by atoms with Gasteiger partial charge in [0.1, 0.15) is 11.5 Å². The van der Waals surface area contributed by atoms with Gasteiger partial charge in [-0.1, -0.05) is 13.3 Å². The van der Waals surface area contributed by atoms with Gasteiger partial charge in [0.2, 0.25) is 0 Å². The van der Waals surface area contributed by atoms with Gasteiger partial charge in [0.25, 0.3) is 11.1 Å². The summed E-state index contributed by atoms with van der Waals surface area (Å²) >= 11 is 0.974. The average molecular weight is 335 g/mol. The molecule has 1 saturated heterocycles. The van der Waals surface area contributed by atoms with Crippen LogP contribution >= 0.6 is 11.8 Å². The van der Waals surface area contributed by atoms with Crippen molar-refractivity contribution in [1.82, 2.24) is 4.90 Å². The van der Waals surface area contributed by atoms with E-state index >= 15 is 0 Å². The molecule has 1 fully saturated rings. The molecule has 6 heteroatoms. The van der Waals surface area contributed by atoms with Crippen molar-refractivity contribution in [2.45, 2.75) is 26.7 Å². The summed E-state index contributed by atoms with van der Waals surface area (Å²) < 4.78 is 10.7. The zero-order valence-corrected chi connectivity index (χ0v) is 14.7. The van der Waals surface area contributed by atoms with E-state index in [1.807, 2.05) is 26.0 Å². The molecule has 23 heavy (non-hydrogen) atoms. The first-order valence-electron chi connectivity index (χ1n) is 7.50. The molecule has 0 spiro atoms. The van der Waals surface area contributed by atoms with Crippen molar-refractivity contribution in [2.75, 3.05) is 20.8 Å². The number of methoxy groups -OCH3 is 2. The highest BCUT2D eigenvalue weighted by atomic mass is 32.2. The van der Waals surface area contributed by atoms with Crippen LogP contribution in [0, 0.1) is 6.92 Å². The molecule has 0 aromatic heterocycles. The van der Waals surface area contributed by atoms with E-state index in [1.165, 1.54) is 4.90 Å². The number of imide groups is 1. The summed E-state index contributed by atoms with van der Waals surface area (Å²) in [7, 11) is 3.17. The number of thioether (sulfide) groups is 1. The maximum Gasteiger partial charge on any atom is 0.293 e. The molecule has 5 nitrogen and oxygen atoms in total. The first kappa shape index (κ1) is 17.4. The number of amides is 2. The summed E-state index contributed by atoms with van der Waals surface area (Å²) in [6.07, 6.45) is 3.46. The molecule has 0 aliphatic carbocycles. The summed E-state index contributed by atoms with van der Waals surface area (Å²) in [5.41, 5.74) is 1.61. The van der Waals surface area contributed by atoms with Crippen LogP contribution in [0.25, 0.3) is 6.08 Å². The lowest BCUT2D eigenvalue weighted by atomic mass is 10.1. The third-order valence-corrected chi connectivity index (χ3v) is 4.61. The number of hydrogen-bond acceptors (Lipinski definition) is 5. The van der Waals surface area contributed by atoms with Crippen LogP contribution < -0.4 is 9.47 Å². The fourth-order valence-corrected chi connectivity index (χ4v) is 3.31. The molecule has 0 N–H and O–H groups in total. The lowest BCUT2D eigenvalue weighted by Crippen LogP contribution is -2.29. The molecule has 124 valence electrons. The topological polar surface area (TPSA) is 55.8 Å². The maximum atomic E-state index is 12.4. The summed E-state index contributed by atoms with van der Waals surface area (Å²) in [4.78, 5) is 26.1. The monoisotopic (exact) mass is 335 g/mol. The number of rotatable bonds is 6. The van der Waals surface area contributed by atoms with Crippen LogP contribution in [-0.4, -0.2) is 36.8 Å². The Morgan fingerprint density at radius 2 is 1.96 bits per heavy atom. The molecular weight excluding hydrogens is 314 g/mol. The van der Waals surface area contributed by atoms with Crippen LogP contribution in [0.1, 0.15) is 30.9 Å². The van der Waals surface area contributed by atoms with Crippen molar-refractivity contribution in [3.05, 3.63) is 28.2 Å². The smallest absolute Gasteiger partial charge is 0.293 e. The van der Waals surface area contributed by atoms with Crippen LogP contribution in [0.5, 0.6) is 11.5 Å². The van der Waals surface area contributed by atoms with Gasteiger partial charge < -0.3 is 9.47 Å². The molecule has 1 aliphatic rings. The van der Waals surface area contributed by atoms with Crippen molar-refractivity contribution >= 4 is 29.0 Å². The number of hydrogen-bond donors (Lipinski definition) is 0. The third kappa shape index (κ3) is 3.52. The second kappa shape index (κ2) is 7.55. The molecule has 0 bridgehead atoms. The molecule has 1 aromatic carbocycles. The largest absolute Gasteiger partial charge is 0.496 e. The van der Waals surface area contributed by atoms with Crippen LogP contribution in [0.3, 0.4) is 0 Å². The Bertz CT molecular complexity index is 654. The number of carbonyl (C=O) groups excluding carboxylic acids is 2. The van der Waals surface area contributed by atoms with Gasteiger partial charge in [0.15, 0.2) is 0 Å². The third-order valence-electron chi connectivity index (χ3n) is 3.71. The highest BCUT2D eigenvalue weighted by Gasteiger charge is 2.34. The SMILES string of the molecule is CCCCN1C(=O)S/C(=C\c2ccc(OC)c(C)c2OC)C1=O. The van der Waals surface area contributed by atoms with Crippen molar-refractivity contribution in [2.24, 2.45) is 0 Å². The second-order valence-corrected chi connectivity index (χ2v) is 6.20. The van der Waals surface area contributed by atoms with Crippen molar-refractivity contribution in [3.63, 3.8) is 0 Å². The predicted molar refractivity (Wildman–Crippen MR) is 91.9 cm³/mol. The Morgan fingerprint density at radius 3 is 2.57 bits per heavy atom. The minimum absolute atomic E-state index is 0.209. The van der Waals surface area contributed by atoms with E-state index < -0.39 is 0 Å². The van der Waals surface area contributed by atoms with Gasteiger partial charge in [-0.2, -0.15) is 0 Å². The number of unbranched alkanes of at least 4 members (excludes halogenated alkanes) is 1. The Morgan fingerprint density at radius 1 is 1.22 bits per heavy atom. The normalized spacial score (nSPS) is 16.3. The molecule has 1 aliphatic heterocycles. The van der Waals surface area contributed by atoms with Gasteiger partial charge in [0, 0.05) is 17.7 Å². The lowest BCUT2D eigenvalue weighted by Gasteiger charge is -2.13. The molecular formula is C17H21NO4S. The van der Waals surface area contributed by atoms with E-state index in [1.54, 1.807) is 20.3 Å². The van der Waals surface area contributed by atoms with E-state index in [0.717, 1.165) is 41.5 Å². The fraction of sp³-hybridized carbons (Fsp3) is 0.412. The molecule has 0 atom stereocenters. The van der Waals surface area contributed by atoms with E-state index in [4.69, 9.17) is 9.47 Å². The summed E-state index contributed by atoms with van der Waals surface area (Å²) in [6, 6.07) is 3.65. The minimum Gasteiger partial charge on any atom is -0.496 e. The maximum absolute atomic E-state index is 12.4. The number of ether oxygens (including phenoxy) is 2. The van der Waals surface area contributed by atoms with Gasteiger partial charge in [-0.3, -0.25) is 14.5 Å². The van der Waals surface area contributed by atoms with Crippen molar-refractivity contribution in [1.29, 1.82) is 0 Å². The average Bonchev–Trinajstić information content (AvgIpc) is 2.80. The van der Waals surface area contributed by atoms with Gasteiger partial charge in [-0.25, -0.2) is 0 Å². The molecule has 0 saturated carbocycles. The first-order valence-corrected chi connectivity index (χ1v) is 8.32. The molecule has 2 rings (SSSR count). The Labute approximate surface area is 140 Å². The zero-order chi connectivity index (χ0) is 17.0. The number of benzene rings is 1. The highest BCUT2D eigenvalue weighted by Crippen LogP contribution is 2.37. The standard InChI is InChI=1S/C17H21NO4S/c1-5-6-9-18-16(19)14(23-17(18)20)10-12-7-8-13(21-3)11(2)15(12)22-4/h7-8,10H,5-6,9H2,1-4H3/b14-10-. The van der Waals surface area contributed by atoms with Crippen LogP contribution in [0.2, 0.25) is 0 Å². The molecule has 1 aromatic rings. The van der Waals surface area contributed by atoms with Gasteiger partial charge in [-0.05, 0) is 43.3 Å². The van der Waals surface area contributed by atoms with Crippen LogP contribution in [0.15, 0.2) is 17.0 Å². The quantitative estimate of drug-likeness (QED) is 0.739. The molecule has 0 unspecified atom stereocenters. The van der Waals surface area contributed by atoms with Crippen LogP contribution in [-0.2, 0) is 4.79 Å². The second-order valence-electron chi connectivity index (χ2n) is 5.20. The number of carbonyl (C=O) groups is 2. The van der Waals surface area contributed by atoms with Gasteiger partial charge >= 0.3 is 0 Å². The fourth-order valence-electron chi connectivity index (χ4n) is 2.45. The summed E-state index contributed by atoms with van der Waals surface area (Å²) in [5.74, 6) is 1.13. The highest BCUT2D eigenvalue weighted by molar-refractivity contribution is 8.18. The van der Waals surface area contributed by atoms with Gasteiger partial charge in [0.05, 0.1) is 19.1 Å². The lowest BCUT2D eigenvalue weighted by molar-refractivity contribution is -0.122. The summed E-state index contributed by atoms with van der Waals surface area (Å²) in [6.45, 7) is 4.39. The zero-order valence-electron chi connectivity index (χ0n) is 13.8. The summed E-state index contributed by atoms with van der Waals surface area (Å²) in [5, 5.41) is -0.209. The minimum atomic E-state index is -0.232. The van der Waals surface area contributed by atoms with E-state index in [2.05, 4.69) is 0 Å². The van der Waals surface area contributed by atoms with Crippen molar-refractivity contribution < 1.29 is 19.1 Å². The van der Waals surface area contributed by atoms with E-state index in [-0.39, 0.29) is 11.1 Å². The molecule has 1 heterocycles. The van der Waals surface area contributed by atoms with E-state index in [0.29, 0.717) is 17.2 Å². The number of nitrogens with zero attached hydrogens (tertiary/aromatic N) is 1. The van der Waals surface area contributed by atoms with Gasteiger partial charge in [-0.15, -0.1) is 0 Å². The predicted octanol–water partition coefficient (Wildman–Crippen LogP) is 3.85. The molecule has 0 radical (unpaired) electrons. The first-order chi connectivity index (χ1) is 11.0.